The fraction of sp³-hybridized carbons (Fsp3) is 0.200. The van der Waals surface area contributed by atoms with Crippen LogP contribution in [0.25, 0.3) is 0 Å². The van der Waals surface area contributed by atoms with E-state index in [2.05, 4.69) is 0 Å². The first-order chi connectivity index (χ1) is 7.99. The van der Waals surface area contributed by atoms with E-state index in [0.717, 1.165) is 0 Å². The number of nitro benzene ring substituents is 1. The van der Waals surface area contributed by atoms with E-state index in [4.69, 9.17) is 11.6 Å². The number of nitrogens with zero attached hydrogens (tertiary/aromatic N) is 2. The van der Waals surface area contributed by atoms with E-state index in [0.29, 0.717) is 5.69 Å². The van der Waals surface area contributed by atoms with Gasteiger partial charge in [0.25, 0.3) is 5.69 Å². The van der Waals surface area contributed by atoms with Crippen LogP contribution >= 0.6 is 11.6 Å². The molecule has 0 saturated carbocycles. The van der Waals surface area contributed by atoms with Gasteiger partial charge in [-0.2, -0.15) is 0 Å². The van der Waals surface area contributed by atoms with Gasteiger partial charge in [-0.15, -0.1) is 0 Å². The number of ketones is 1. The summed E-state index contributed by atoms with van der Waals surface area (Å²) in [7, 11) is 0. The Kier molecular flexibility index (Phi) is 2.81. The largest absolute Gasteiger partial charge is 0.304 e. The van der Waals surface area contributed by atoms with Crippen LogP contribution in [0.5, 0.6) is 0 Å². The summed E-state index contributed by atoms with van der Waals surface area (Å²) in [6.45, 7) is -0.0440. The highest BCUT2D eigenvalue weighted by molar-refractivity contribution is 6.32. The summed E-state index contributed by atoms with van der Waals surface area (Å²) in [5.41, 5.74) is 0.0354. The number of amides is 1. The number of Topliss-reactive ketones (excluding diaryl/α,β-unsaturated/α-hetero) is 1. The van der Waals surface area contributed by atoms with Crippen LogP contribution in [-0.4, -0.2) is 23.2 Å². The molecule has 1 saturated heterocycles. The van der Waals surface area contributed by atoms with Gasteiger partial charge < -0.3 is 4.90 Å². The molecule has 1 aromatic rings. The molecule has 0 bridgehead atoms. The molecule has 0 aromatic heterocycles. The van der Waals surface area contributed by atoms with Gasteiger partial charge in [0.2, 0.25) is 5.91 Å². The Bertz CT molecular complexity index is 529. The zero-order valence-electron chi connectivity index (χ0n) is 8.55. The topological polar surface area (TPSA) is 80.5 Å². The second-order valence-corrected chi connectivity index (χ2v) is 4.00. The summed E-state index contributed by atoms with van der Waals surface area (Å²) in [6.07, 6.45) is -0.156. The molecule has 1 amide bonds. The van der Waals surface area contributed by atoms with Gasteiger partial charge in [0.15, 0.2) is 5.78 Å². The van der Waals surface area contributed by atoms with Gasteiger partial charge in [0.1, 0.15) is 5.02 Å². The van der Waals surface area contributed by atoms with Gasteiger partial charge in [-0.1, -0.05) is 11.6 Å². The second kappa shape index (κ2) is 4.14. The molecule has 1 heterocycles. The number of carbonyl (C=O) groups is 2. The smallest absolute Gasteiger partial charge is 0.289 e. The van der Waals surface area contributed by atoms with Gasteiger partial charge >= 0.3 is 0 Å². The summed E-state index contributed by atoms with van der Waals surface area (Å²) in [6, 6.07) is 4.01. The minimum atomic E-state index is -0.631. The third-order valence-electron chi connectivity index (χ3n) is 2.42. The zero-order chi connectivity index (χ0) is 12.6. The van der Waals surface area contributed by atoms with Crippen molar-refractivity contribution in [3.63, 3.8) is 0 Å². The van der Waals surface area contributed by atoms with Gasteiger partial charge in [-0.3, -0.25) is 19.7 Å². The molecule has 2 rings (SSSR count). The fourth-order valence-corrected chi connectivity index (χ4v) is 1.82. The first kappa shape index (κ1) is 11.5. The lowest BCUT2D eigenvalue weighted by Crippen LogP contribution is -2.24. The molecule has 0 atom stereocenters. The van der Waals surface area contributed by atoms with E-state index in [1.54, 1.807) is 0 Å². The minimum Gasteiger partial charge on any atom is -0.304 e. The molecule has 1 aliphatic rings. The Hall–Kier alpha value is -1.95. The first-order valence-electron chi connectivity index (χ1n) is 4.75. The van der Waals surface area contributed by atoms with E-state index in [9.17, 15) is 19.7 Å². The van der Waals surface area contributed by atoms with Gasteiger partial charge in [0, 0.05) is 6.07 Å². The van der Waals surface area contributed by atoms with Crippen molar-refractivity contribution in [3.05, 3.63) is 33.3 Å². The van der Waals surface area contributed by atoms with E-state index in [-0.39, 0.29) is 35.4 Å². The van der Waals surface area contributed by atoms with E-state index in [1.807, 2.05) is 0 Å². The number of carbonyl (C=O) groups excluding carboxylic acids is 2. The normalized spacial score (nSPS) is 15.5. The summed E-state index contributed by atoms with van der Waals surface area (Å²) < 4.78 is 0. The van der Waals surface area contributed by atoms with Crippen LogP contribution in [0.2, 0.25) is 5.02 Å². The quantitative estimate of drug-likeness (QED) is 0.456. The lowest BCUT2D eigenvalue weighted by atomic mass is 10.2. The number of hydrogen-bond acceptors (Lipinski definition) is 4. The van der Waals surface area contributed by atoms with Crippen LogP contribution < -0.4 is 4.90 Å². The third kappa shape index (κ3) is 2.12. The monoisotopic (exact) mass is 254 g/mol. The van der Waals surface area contributed by atoms with Crippen molar-refractivity contribution in [3.8, 4) is 0 Å². The summed E-state index contributed by atoms with van der Waals surface area (Å²) in [4.78, 5) is 33.8. The second-order valence-electron chi connectivity index (χ2n) is 3.59. The average Bonchev–Trinajstić information content (AvgIpc) is 2.58. The Morgan fingerprint density at radius 1 is 1.35 bits per heavy atom. The van der Waals surface area contributed by atoms with Crippen molar-refractivity contribution < 1.29 is 14.5 Å². The zero-order valence-corrected chi connectivity index (χ0v) is 9.31. The molecule has 0 aliphatic carbocycles. The van der Waals surface area contributed by atoms with Crippen molar-refractivity contribution in [1.29, 1.82) is 0 Å². The van der Waals surface area contributed by atoms with E-state index >= 15 is 0 Å². The van der Waals surface area contributed by atoms with Crippen LogP contribution in [0.4, 0.5) is 11.4 Å². The average molecular weight is 255 g/mol. The van der Waals surface area contributed by atoms with Crippen LogP contribution in [0.15, 0.2) is 18.2 Å². The van der Waals surface area contributed by atoms with Crippen molar-refractivity contribution in [1.82, 2.24) is 0 Å². The van der Waals surface area contributed by atoms with Crippen LogP contribution in [0.3, 0.4) is 0 Å². The van der Waals surface area contributed by atoms with Crippen LogP contribution in [-0.2, 0) is 9.59 Å². The van der Waals surface area contributed by atoms with Crippen LogP contribution in [0, 0.1) is 10.1 Å². The number of rotatable bonds is 2. The highest BCUT2D eigenvalue weighted by atomic mass is 35.5. The van der Waals surface area contributed by atoms with E-state index < -0.39 is 4.92 Å². The number of hydrogen-bond donors (Lipinski definition) is 0. The third-order valence-corrected chi connectivity index (χ3v) is 2.74. The maximum Gasteiger partial charge on any atom is 0.289 e. The number of benzene rings is 1. The van der Waals surface area contributed by atoms with Crippen molar-refractivity contribution in [2.24, 2.45) is 0 Å². The Balaban J connectivity index is 2.40. The Labute approximate surface area is 101 Å². The predicted molar refractivity (Wildman–Crippen MR) is 60.1 cm³/mol. The number of halogens is 1. The highest BCUT2D eigenvalue weighted by Crippen LogP contribution is 2.30. The molecule has 0 spiro atoms. The highest BCUT2D eigenvalue weighted by Gasteiger charge is 2.29. The first-order valence-corrected chi connectivity index (χ1v) is 5.13. The summed E-state index contributed by atoms with van der Waals surface area (Å²) >= 11 is 5.65. The van der Waals surface area contributed by atoms with Crippen molar-refractivity contribution in [2.75, 3.05) is 11.4 Å². The predicted octanol–water partition coefficient (Wildman–Crippen LogP) is 1.55. The molecule has 88 valence electrons. The van der Waals surface area contributed by atoms with Gasteiger partial charge in [-0.05, 0) is 12.1 Å². The number of nitro groups is 1. The minimum absolute atomic E-state index is 0.00303. The van der Waals surface area contributed by atoms with E-state index in [1.165, 1.54) is 23.1 Å². The molecular formula is C10H7ClN2O4. The molecule has 1 aromatic carbocycles. The molecule has 0 radical (unpaired) electrons. The number of anilines is 1. The summed E-state index contributed by atoms with van der Waals surface area (Å²) in [5.74, 6) is -0.556. The maximum absolute atomic E-state index is 11.5. The summed E-state index contributed by atoms with van der Waals surface area (Å²) in [5, 5.41) is 10.7. The molecule has 0 unspecified atom stereocenters. The standard InChI is InChI=1S/C10H7ClN2O4/c11-8-2-1-6(3-9(8)13(16)17)12-5-7(14)4-10(12)15/h1-3H,4-5H2. The molecule has 1 aliphatic heterocycles. The van der Waals surface area contributed by atoms with Crippen molar-refractivity contribution >= 4 is 34.7 Å². The van der Waals surface area contributed by atoms with Gasteiger partial charge in [-0.25, -0.2) is 0 Å². The lowest BCUT2D eigenvalue weighted by Gasteiger charge is -2.14. The van der Waals surface area contributed by atoms with Crippen LogP contribution in [0.1, 0.15) is 6.42 Å². The SMILES string of the molecule is O=C1CC(=O)N(c2ccc(Cl)c([N+](=O)[O-])c2)C1. The molecular weight excluding hydrogens is 248 g/mol. The lowest BCUT2D eigenvalue weighted by molar-refractivity contribution is -0.384. The van der Waals surface area contributed by atoms with Crippen molar-refractivity contribution in [2.45, 2.75) is 6.42 Å². The molecule has 6 nitrogen and oxygen atoms in total. The molecule has 0 N–H and O–H groups in total. The fourth-order valence-electron chi connectivity index (χ4n) is 1.63. The Morgan fingerprint density at radius 2 is 2.06 bits per heavy atom. The van der Waals surface area contributed by atoms with Gasteiger partial charge in [0.05, 0.1) is 23.6 Å². The Morgan fingerprint density at radius 3 is 2.59 bits per heavy atom. The maximum atomic E-state index is 11.5. The molecule has 1 fully saturated rings. The molecule has 17 heavy (non-hydrogen) atoms. The molecule has 7 heteroatoms.